The molecular formula is C21H32N2O4S. The molecule has 0 radical (unpaired) electrons. The number of carbonyl (C=O) groups is 1. The largest absolute Gasteiger partial charge is 0.378 e. The Balaban J connectivity index is 1.78. The van der Waals surface area contributed by atoms with E-state index < -0.39 is 10.0 Å². The van der Waals surface area contributed by atoms with E-state index in [-0.39, 0.29) is 11.8 Å². The van der Waals surface area contributed by atoms with Crippen LogP contribution in [-0.4, -0.2) is 62.9 Å². The van der Waals surface area contributed by atoms with Gasteiger partial charge in [0.05, 0.1) is 18.1 Å². The number of amides is 1. The molecule has 2 aliphatic rings. The zero-order valence-electron chi connectivity index (χ0n) is 17.7. The topological polar surface area (TPSA) is 66.9 Å². The molecule has 2 fully saturated rings. The van der Waals surface area contributed by atoms with Gasteiger partial charge in [-0.1, -0.05) is 0 Å². The van der Waals surface area contributed by atoms with Crippen molar-refractivity contribution in [1.82, 2.24) is 9.21 Å². The molecule has 28 heavy (non-hydrogen) atoms. The zero-order chi connectivity index (χ0) is 20.6. The Hall–Kier alpha value is -1.44. The minimum atomic E-state index is -3.57. The molecule has 1 amide bonds. The van der Waals surface area contributed by atoms with Gasteiger partial charge < -0.3 is 9.64 Å². The van der Waals surface area contributed by atoms with Crippen LogP contribution >= 0.6 is 0 Å². The van der Waals surface area contributed by atoms with Gasteiger partial charge in [0.2, 0.25) is 15.9 Å². The van der Waals surface area contributed by atoms with Crippen LogP contribution in [0.3, 0.4) is 0 Å². The molecule has 0 atom stereocenters. The van der Waals surface area contributed by atoms with Gasteiger partial charge >= 0.3 is 0 Å². The van der Waals surface area contributed by atoms with Crippen LogP contribution in [0.2, 0.25) is 0 Å². The maximum absolute atomic E-state index is 13.4. The smallest absolute Gasteiger partial charge is 0.243 e. The van der Waals surface area contributed by atoms with Crippen LogP contribution in [0.25, 0.3) is 0 Å². The van der Waals surface area contributed by atoms with E-state index in [0.29, 0.717) is 57.1 Å². The zero-order valence-corrected chi connectivity index (χ0v) is 18.5. The molecule has 1 aromatic rings. The van der Waals surface area contributed by atoms with Gasteiger partial charge in [-0.25, -0.2) is 8.42 Å². The molecule has 7 heteroatoms. The highest BCUT2D eigenvalue weighted by atomic mass is 32.2. The second-order valence-corrected chi connectivity index (χ2v) is 9.94. The molecule has 3 rings (SSSR count). The molecule has 0 aliphatic carbocycles. The summed E-state index contributed by atoms with van der Waals surface area (Å²) in [6.45, 7) is 13.1. The summed E-state index contributed by atoms with van der Waals surface area (Å²) >= 11 is 0. The Morgan fingerprint density at radius 2 is 1.29 bits per heavy atom. The van der Waals surface area contributed by atoms with E-state index in [1.54, 1.807) is 4.31 Å². The number of piperidine rings is 1. The molecule has 2 heterocycles. The summed E-state index contributed by atoms with van der Waals surface area (Å²) in [5, 5.41) is 0. The highest BCUT2D eigenvalue weighted by Gasteiger charge is 2.36. The third-order valence-corrected chi connectivity index (χ3v) is 8.83. The van der Waals surface area contributed by atoms with Crippen LogP contribution in [0.1, 0.15) is 40.7 Å². The lowest BCUT2D eigenvalue weighted by atomic mass is 9.95. The highest BCUT2D eigenvalue weighted by Crippen LogP contribution is 2.33. The Bertz CT molecular complexity index is 836. The fourth-order valence-electron chi connectivity index (χ4n) is 4.37. The van der Waals surface area contributed by atoms with Gasteiger partial charge in [0, 0.05) is 32.1 Å². The van der Waals surface area contributed by atoms with Crippen molar-refractivity contribution < 1.29 is 17.9 Å². The Labute approximate surface area is 168 Å². The summed E-state index contributed by atoms with van der Waals surface area (Å²) in [7, 11) is -3.57. The molecule has 2 saturated heterocycles. The number of nitrogens with zero attached hydrogens (tertiary/aromatic N) is 2. The van der Waals surface area contributed by atoms with Crippen molar-refractivity contribution in [3.63, 3.8) is 0 Å². The molecule has 0 saturated carbocycles. The monoisotopic (exact) mass is 408 g/mol. The van der Waals surface area contributed by atoms with Gasteiger partial charge in [0.1, 0.15) is 0 Å². The summed E-state index contributed by atoms with van der Waals surface area (Å²) in [5.74, 6) is 0.0583. The van der Waals surface area contributed by atoms with E-state index in [9.17, 15) is 13.2 Å². The first-order valence-electron chi connectivity index (χ1n) is 10.1. The molecule has 1 aromatic carbocycles. The van der Waals surface area contributed by atoms with E-state index in [0.717, 1.165) is 27.8 Å². The van der Waals surface area contributed by atoms with Gasteiger partial charge in [0.15, 0.2) is 0 Å². The van der Waals surface area contributed by atoms with Crippen molar-refractivity contribution in [1.29, 1.82) is 0 Å². The van der Waals surface area contributed by atoms with Crippen molar-refractivity contribution >= 4 is 15.9 Å². The SMILES string of the molecule is Cc1c(C)c(C)c(S(=O)(=O)N2CCC(C(=O)N3CCOCC3)CC2)c(C)c1C. The van der Waals surface area contributed by atoms with Crippen LogP contribution in [0, 0.1) is 40.5 Å². The van der Waals surface area contributed by atoms with E-state index in [1.807, 2.05) is 39.5 Å². The maximum atomic E-state index is 13.4. The lowest BCUT2D eigenvalue weighted by Crippen LogP contribution is -2.47. The van der Waals surface area contributed by atoms with Crippen molar-refractivity contribution in [2.45, 2.75) is 52.4 Å². The molecule has 0 bridgehead atoms. The summed E-state index contributed by atoms with van der Waals surface area (Å²) in [4.78, 5) is 15.0. The Morgan fingerprint density at radius 1 is 0.821 bits per heavy atom. The number of hydrogen-bond donors (Lipinski definition) is 0. The van der Waals surface area contributed by atoms with E-state index >= 15 is 0 Å². The number of rotatable bonds is 3. The maximum Gasteiger partial charge on any atom is 0.243 e. The van der Waals surface area contributed by atoms with Crippen molar-refractivity contribution in [2.24, 2.45) is 5.92 Å². The second kappa shape index (κ2) is 8.13. The standard InChI is InChI=1S/C21H32N2O4S/c1-14-15(2)17(4)20(18(5)16(14)3)28(25,26)23-8-6-19(7-9-23)21(24)22-10-12-27-13-11-22/h19H,6-13H2,1-5H3. The van der Waals surface area contributed by atoms with Crippen molar-refractivity contribution in [3.05, 3.63) is 27.8 Å². The number of morpholine rings is 1. The molecule has 2 aliphatic heterocycles. The first-order chi connectivity index (χ1) is 13.2. The van der Waals surface area contributed by atoms with Crippen LogP contribution < -0.4 is 0 Å². The van der Waals surface area contributed by atoms with Gasteiger partial charge in [-0.15, -0.1) is 0 Å². The number of sulfonamides is 1. The minimum Gasteiger partial charge on any atom is -0.378 e. The molecule has 0 aromatic heterocycles. The minimum absolute atomic E-state index is 0.0896. The average Bonchev–Trinajstić information content (AvgIpc) is 2.71. The van der Waals surface area contributed by atoms with Gasteiger partial charge in [-0.05, 0) is 75.3 Å². The quantitative estimate of drug-likeness (QED) is 0.771. The Morgan fingerprint density at radius 3 is 1.79 bits per heavy atom. The van der Waals surface area contributed by atoms with Gasteiger partial charge in [-0.3, -0.25) is 4.79 Å². The molecule has 156 valence electrons. The fraction of sp³-hybridized carbons (Fsp3) is 0.667. The summed E-state index contributed by atoms with van der Waals surface area (Å²) in [5.41, 5.74) is 4.92. The molecule has 0 spiro atoms. The second-order valence-electron chi connectivity index (χ2n) is 8.07. The summed E-state index contributed by atoms with van der Waals surface area (Å²) in [6, 6.07) is 0. The first kappa shape index (κ1) is 21.3. The fourth-order valence-corrected chi connectivity index (χ4v) is 6.40. The van der Waals surface area contributed by atoms with E-state index in [1.165, 1.54) is 0 Å². The van der Waals surface area contributed by atoms with Crippen molar-refractivity contribution in [2.75, 3.05) is 39.4 Å². The highest BCUT2D eigenvalue weighted by molar-refractivity contribution is 7.89. The van der Waals surface area contributed by atoms with Crippen LogP contribution in [0.15, 0.2) is 4.90 Å². The molecular weight excluding hydrogens is 376 g/mol. The number of ether oxygens (including phenoxy) is 1. The normalized spacial score (nSPS) is 19.8. The molecule has 6 nitrogen and oxygen atoms in total. The predicted octanol–water partition coefficient (Wildman–Crippen LogP) is 2.49. The first-order valence-corrected chi connectivity index (χ1v) is 11.5. The summed E-state index contributed by atoms with van der Waals surface area (Å²) < 4.78 is 33.8. The molecule has 0 unspecified atom stereocenters. The summed E-state index contributed by atoms with van der Waals surface area (Å²) in [6.07, 6.45) is 1.16. The number of hydrogen-bond acceptors (Lipinski definition) is 4. The van der Waals surface area contributed by atoms with Crippen LogP contribution in [-0.2, 0) is 19.6 Å². The van der Waals surface area contributed by atoms with E-state index in [4.69, 9.17) is 4.74 Å². The number of benzene rings is 1. The third kappa shape index (κ3) is 3.72. The Kier molecular flexibility index (Phi) is 6.17. The van der Waals surface area contributed by atoms with Gasteiger partial charge in [0.25, 0.3) is 0 Å². The predicted molar refractivity (Wildman–Crippen MR) is 109 cm³/mol. The third-order valence-electron chi connectivity index (χ3n) is 6.65. The number of carbonyl (C=O) groups excluding carboxylic acids is 1. The lowest BCUT2D eigenvalue weighted by molar-refractivity contribution is -0.140. The van der Waals surface area contributed by atoms with E-state index in [2.05, 4.69) is 0 Å². The van der Waals surface area contributed by atoms with Crippen molar-refractivity contribution in [3.8, 4) is 0 Å². The van der Waals surface area contributed by atoms with Crippen LogP contribution in [0.4, 0.5) is 0 Å². The lowest BCUT2D eigenvalue weighted by Gasteiger charge is -2.35. The average molecular weight is 409 g/mol. The van der Waals surface area contributed by atoms with Gasteiger partial charge in [-0.2, -0.15) is 4.31 Å². The van der Waals surface area contributed by atoms with Crippen LogP contribution in [0.5, 0.6) is 0 Å². The molecule has 0 N–H and O–H groups in total.